The van der Waals surface area contributed by atoms with Crippen LogP contribution < -0.4 is 0 Å². The van der Waals surface area contributed by atoms with Gasteiger partial charge >= 0.3 is 5.97 Å². The highest BCUT2D eigenvalue weighted by molar-refractivity contribution is 5.81. The summed E-state index contributed by atoms with van der Waals surface area (Å²) in [6, 6.07) is 6.57. The van der Waals surface area contributed by atoms with Crippen molar-refractivity contribution in [2.75, 3.05) is 0 Å². The molecule has 1 atom stereocenters. The first-order valence-electron chi connectivity index (χ1n) is 6.08. The third kappa shape index (κ3) is 2.02. The molecule has 0 spiro atoms. The van der Waals surface area contributed by atoms with Crippen molar-refractivity contribution in [3.63, 3.8) is 0 Å². The highest BCUT2D eigenvalue weighted by Crippen LogP contribution is 2.42. The molecule has 3 heteroatoms. The smallest absolute Gasteiger partial charge is 0.314 e. The molecule has 0 bridgehead atoms. The SMILES string of the molecule is CC(C(=O)O)(c1ccc(O)cc1)C1CCCC1. The van der Waals surface area contributed by atoms with Crippen LogP contribution in [0.3, 0.4) is 0 Å². The summed E-state index contributed by atoms with van der Waals surface area (Å²) in [6.45, 7) is 1.80. The van der Waals surface area contributed by atoms with Crippen LogP contribution in [0.5, 0.6) is 5.75 Å². The average Bonchev–Trinajstić information content (AvgIpc) is 2.82. The largest absolute Gasteiger partial charge is 0.508 e. The van der Waals surface area contributed by atoms with E-state index in [0.717, 1.165) is 31.2 Å². The molecule has 92 valence electrons. The quantitative estimate of drug-likeness (QED) is 0.845. The zero-order valence-electron chi connectivity index (χ0n) is 10.0. The Balaban J connectivity index is 2.39. The van der Waals surface area contributed by atoms with Gasteiger partial charge in [-0.2, -0.15) is 0 Å². The number of rotatable bonds is 3. The zero-order valence-corrected chi connectivity index (χ0v) is 10.0. The van der Waals surface area contributed by atoms with E-state index in [1.165, 1.54) is 0 Å². The average molecular weight is 234 g/mol. The van der Waals surface area contributed by atoms with E-state index in [2.05, 4.69) is 0 Å². The summed E-state index contributed by atoms with van der Waals surface area (Å²) in [6.07, 6.45) is 4.19. The van der Waals surface area contributed by atoms with Gasteiger partial charge < -0.3 is 10.2 Å². The molecule has 1 fully saturated rings. The van der Waals surface area contributed by atoms with Gasteiger partial charge in [0.05, 0.1) is 5.41 Å². The fourth-order valence-corrected chi connectivity index (χ4v) is 2.84. The molecule has 0 radical (unpaired) electrons. The second-order valence-electron chi connectivity index (χ2n) is 5.04. The van der Waals surface area contributed by atoms with Gasteiger partial charge in [0.25, 0.3) is 0 Å². The highest BCUT2D eigenvalue weighted by atomic mass is 16.4. The van der Waals surface area contributed by atoms with Crippen molar-refractivity contribution in [1.82, 2.24) is 0 Å². The number of hydrogen-bond donors (Lipinski definition) is 2. The van der Waals surface area contributed by atoms with Crippen LogP contribution in [0.2, 0.25) is 0 Å². The Bertz CT molecular complexity index is 404. The second-order valence-corrected chi connectivity index (χ2v) is 5.04. The molecular formula is C14H18O3. The van der Waals surface area contributed by atoms with E-state index in [9.17, 15) is 15.0 Å². The summed E-state index contributed by atoms with van der Waals surface area (Å²) < 4.78 is 0. The third-order valence-electron chi connectivity index (χ3n) is 4.08. The van der Waals surface area contributed by atoms with Gasteiger partial charge in [0.2, 0.25) is 0 Å². The first-order chi connectivity index (χ1) is 8.05. The van der Waals surface area contributed by atoms with Gasteiger partial charge in [0.1, 0.15) is 5.75 Å². The van der Waals surface area contributed by atoms with Crippen LogP contribution in [-0.4, -0.2) is 16.2 Å². The van der Waals surface area contributed by atoms with E-state index in [-0.39, 0.29) is 11.7 Å². The lowest BCUT2D eigenvalue weighted by Gasteiger charge is -2.31. The maximum absolute atomic E-state index is 11.6. The van der Waals surface area contributed by atoms with Gasteiger partial charge in [0, 0.05) is 0 Å². The Kier molecular flexibility index (Phi) is 3.09. The minimum atomic E-state index is -0.829. The molecule has 3 nitrogen and oxygen atoms in total. The van der Waals surface area contributed by atoms with E-state index in [4.69, 9.17) is 0 Å². The number of aliphatic carboxylic acids is 1. The molecule has 1 aromatic rings. The van der Waals surface area contributed by atoms with Gasteiger partial charge in [-0.3, -0.25) is 4.79 Å². The van der Waals surface area contributed by atoms with Crippen LogP contribution in [0.25, 0.3) is 0 Å². The molecule has 0 amide bonds. The van der Waals surface area contributed by atoms with Crippen molar-refractivity contribution in [2.24, 2.45) is 5.92 Å². The van der Waals surface area contributed by atoms with E-state index < -0.39 is 11.4 Å². The predicted octanol–water partition coefficient (Wildman–Crippen LogP) is 2.92. The fourth-order valence-electron chi connectivity index (χ4n) is 2.84. The van der Waals surface area contributed by atoms with Gasteiger partial charge in [-0.05, 0) is 43.4 Å². The first kappa shape index (κ1) is 12.0. The van der Waals surface area contributed by atoms with Crippen LogP contribution in [0.15, 0.2) is 24.3 Å². The van der Waals surface area contributed by atoms with Crippen molar-refractivity contribution in [3.05, 3.63) is 29.8 Å². The van der Waals surface area contributed by atoms with Gasteiger partial charge in [-0.1, -0.05) is 25.0 Å². The Hall–Kier alpha value is -1.51. The number of carboxylic acid groups (broad SMARTS) is 1. The van der Waals surface area contributed by atoms with Crippen molar-refractivity contribution < 1.29 is 15.0 Å². The molecule has 0 heterocycles. The maximum atomic E-state index is 11.6. The molecule has 0 saturated heterocycles. The summed E-state index contributed by atoms with van der Waals surface area (Å²) in [4.78, 5) is 11.6. The van der Waals surface area contributed by atoms with Crippen molar-refractivity contribution in [3.8, 4) is 5.75 Å². The van der Waals surface area contributed by atoms with Gasteiger partial charge in [-0.25, -0.2) is 0 Å². The van der Waals surface area contributed by atoms with Gasteiger partial charge in [-0.15, -0.1) is 0 Å². The zero-order chi connectivity index (χ0) is 12.5. The molecule has 1 aromatic carbocycles. The topological polar surface area (TPSA) is 57.5 Å². The maximum Gasteiger partial charge on any atom is 0.314 e. The number of carbonyl (C=O) groups is 1. The fraction of sp³-hybridized carbons (Fsp3) is 0.500. The predicted molar refractivity (Wildman–Crippen MR) is 65.1 cm³/mol. The van der Waals surface area contributed by atoms with Crippen LogP contribution in [0, 0.1) is 5.92 Å². The van der Waals surface area contributed by atoms with E-state index in [1.54, 1.807) is 31.2 Å². The number of hydrogen-bond acceptors (Lipinski definition) is 2. The lowest BCUT2D eigenvalue weighted by atomic mass is 9.71. The normalized spacial score (nSPS) is 20.1. The summed E-state index contributed by atoms with van der Waals surface area (Å²) in [5.41, 5.74) is -0.0424. The van der Waals surface area contributed by atoms with Crippen molar-refractivity contribution in [2.45, 2.75) is 38.0 Å². The molecule has 0 aromatic heterocycles. The minimum Gasteiger partial charge on any atom is -0.508 e. The standard InChI is InChI=1S/C14H18O3/c1-14(13(16)17,10-4-2-3-5-10)11-6-8-12(15)9-7-11/h6-10,15H,2-5H2,1H3,(H,16,17). The summed E-state index contributed by atoms with van der Waals surface area (Å²) in [5, 5.41) is 18.8. The summed E-state index contributed by atoms with van der Waals surface area (Å²) in [5.74, 6) is -0.396. The molecule has 1 aliphatic rings. The molecule has 17 heavy (non-hydrogen) atoms. The molecule has 1 aliphatic carbocycles. The Labute approximate surface area is 101 Å². The van der Waals surface area contributed by atoms with Crippen LogP contribution >= 0.6 is 0 Å². The summed E-state index contributed by atoms with van der Waals surface area (Å²) in [7, 11) is 0. The number of carboxylic acids is 1. The lowest BCUT2D eigenvalue weighted by Crippen LogP contribution is -2.39. The summed E-state index contributed by atoms with van der Waals surface area (Å²) >= 11 is 0. The molecule has 1 unspecified atom stereocenters. The monoisotopic (exact) mass is 234 g/mol. The second kappa shape index (κ2) is 4.40. The highest BCUT2D eigenvalue weighted by Gasteiger charge is 2.43. The van der Waals surface area contributed by atoms with Gasteiger partial charge in [0.15, 0.2) is 0 Å². The lowest BCUT2D eigenvalue weighted by molar-refractivity contribution is -0.145. The van der Waals surface area contributed by atoms with Crippen molar-refractivity contribution in [1.29, 1.82) is 0 Å². The van der Waals surface area contributed by atoms with E-state index >= 15 is 0 Å². The van der Waals surface area contributed by atoms with E-state index in [1.807, 2.05) is 0 Å². The van der Waals surface area contributed by atoms with Crippen molar-refractivity contribution >= 4 is 5.97 Å². The number of phenolic OH excluding ortho intramolecular Hbond substituents is 1. The Morgan fingerprint density at radius 3 is 2.24 bits per heavy atom. The molecular weight excluding hydrogens is 216 g/mol. The minimum absolute atomic E-state index is 0.174. The number of aromatic hydroxyl groups is 1. The Morgan fingerprint density at radius 2 is 1.76 bits per heavy atom. The number of benzene rings is 1. The van der Waals surface area contributed by atoms with Crippen LogP contribution in [0.1, 0.15) is 38.2 Å². The van der Waals surface area contributed by atoms with E-state index in [0.29, 0.717) is 0 Å². The molecule has 1 saturated carbocycles. The molecule has 2 rings (SSSR count). The first-order valence-corrected chi connectivity index (χ1v) is 6.08. The van der Waals surface area contributed by atoms with Crippen LogP contribution in [-0.2, 0) is 10.2 Å². The third-order valence-corrected chi connectivity index (χ3v) is 4.08. The molecule has 2 N–H and O–H groups in total. The number of phenols is 1. The Morgan fingerprint density at radius 1 is 1.24 bits per heavy atom. The molecule has 0 aliphatic heterocycles. The van der Waals surface area contributed by atoms with Crippen LogP contribution in [0.4, 0.5) is 0 Å².